The lowest BCUT2D eigenvalue weighted by Crippen LogP contribution is -2.37. The van der Waals surface area contributed by atoms with Gasteiger partial charge < -0.3 is 54.0 Å². The number of unbranched alkanes of at least 4 members (excludes halogenated alkanes) is 1. The first-order chi connectivity index (χ1) is 21.8. The maximum Gasteiger partial charge on any atom is 0.317 e. The van der Waals surface area contributed by atoms with Gasteiger partial charge in [0.05, 0.1) is 106 Å². The van der Waals surface area contributed by atoms with Gasteiger partial charge in [0, 0.05) is 24.9 Å². The highest BCUT2D eigenvalue weighted by molar-refractivity contribution is 7.81. The molecule has 17 heteroatoms. The van der Waals surface area contributed by atoms with Crippen molar-refractivity contribution in [1.82, 2.24) is 15.5 Å². The Kier molecular flexibility index (Phi) is 32.9. The first-order valence-corrected chi connectivity index (χ1v) is 16.5. The molecule has 0 aromatic heterocycles. The Balaban J connectivity index is 3.26. The van der Waals surface area contributed by atoms with E-state index in [1.807, 2.05) is 0 Å². The van der Waals surface area contributed by atoms with Gasteiger partial charge in [-0.1, -0.05) is 6.42 Å². The van der Waals surface area contributed by atoms with E-state index >= 15 is 0 Å². The summed E-state index contributed by atoms with van der Waals surface area (Å²) in [6.07, 6.45) is 3.99. The van der Waals surface area contributed by atoms with Crippen molar-refractivity contribution in [3.05, 3.63) is 0 Å². The summed E-state index contributed by atoms with van der Waals surface area (Å²) in [5.41, 5.74) is 0. The monoisotopic (exact) mass is 689 g/mol. The fourth-order valence-electron chi connectivity index (χ4n) is 3.51. The molecule has 1 atom stereocenters. The first-order valence-electron chi connectivity index (χ1n) is 15.4. The van der Waals surface area contributed by atoms with Crippen LogP contribution < -0.4 is 10.6 Å². The van der Waals surface area contributed by atoms with Crippen LogP contribution in [-0.2, 0) is 42.7 Å². The van der Waals surface area contributed by atoms with Crippen molar-refractivity contribution < 1.29 is 57.8 Å². The zero-order valence-corrected chi connectivity index (χ0v) is 28.2. The average molecular weight is 690 g/mol. The van der Waals surface area contributed by atoms with Gasteiger partial charge in [-0.3, -0.25) is 14.5 Å². The number of rotatable bonds is 35. The summed E-state index contributed by atoms with van der Waals surface area (Å²) in [6, 6.07) is -0.189. The molecule has 45 heavy (non-hydrogen) atoms. The zero-order valence-electron chi connectivity index (χ0n) is 26.4. The fourth-order valence-corrected chi connectivity index (χ4v) is 4.34. The van der Waals surface area contributed by atoms with E-state index in [9.17, 15) is 14.4 Å². The third-order valence-corrected chi connectivity index (χ3v) is 6.52. The second kappa shape index (κ2) is 33.9. The van der Waals surface area contributed by atoms with E-state index in [2.05, 4.69) is 35.9 Å². The Morgan fingerprint density at radius 2 is 0.978 bits per heavy atom. The first kappa shape index (κ1) is 43.6. The van der Waals surface area contributed by atoms with Crippen molar-refractivity contribution >= 4 is 43.2 Å². The lowest BCUT2D eigenvalue weighted by molar-refractivity contribution is -0.142. The van der Waals surface area contributed by atoms with E-state index < -0.39 is 11.9 Å². The van der Waals surface area contributed by atoms with Gasteiger partial charge in [-0.2, -0.15) is 25.3 Å². The number of carbonyl (C=O) groups is 3. The molecule has 15 nitrogen and oxygen atoms in total. The topological polar surface area (TPSA) is 184 Å². The Morgan fingerprint density at radius 1 is 0.578 bits per heavy atom. The van der Waals surface area contributed by atoms with E-state index in [-0.39, 0.29) is 32.3 Å². The molecule has 1 unspecified atom stereocenters. The van der Waals surface area contributed by atoms with E-state index in [1.165, 1.54) is 4.90 Å². The molecule has 0 spiro atoms. The van der Waals surface area contributed by atoms with Crippen LogP contribution in [-0.4, -0.2) is 169 Å². The van der Waals surface area contributed by atoms with Crippen LogP contribution in [0.5, 0.6) is 0 Å². The van der Waals surface area contributed by atoms with Crippen molar-refractivity contribution in [2.24, 2.45) is 0 Å². The van der Waals surface area contributed by atoms with Gasteiger partial charge in [-0.25, -0.2) is 4.79 Å². The number of carbonyl (C=O) groups excluding carboxylic acids is 1. The molecule has 0 heterocycles. The van der Waals surface area contributed by atoms with Gasteiger partial charge in [0.1, 0.15) is 0 Å². The lowest BCUT2D eigenvalue weighted by atomic mass is 10.1. The molecule has 0 aromatic carbocycles. The van der Waals surface area contributed by atoms with Crippen LogP contribution in [0.1, 0.15) is 25.7 Å². The number of hydrogen-bond donors (Lipinski definition) is 6. The highest BCUT2D eigenvalue weighted by Gasteiger charge is 2.13. The number of carboxylic acids is 2. The van der Waals surface area contributed by atoms with E-state index in [0.29, 0.717) is 104 Å². The van der Waals surface area contributed by atoms with Gasteiger partial charge >= 0.3 is 18.0 Å². The number of hydrogen-bond acceptors (Lipinski definition) is 13. The molecular weight excluding hydrogens is 634 g/mol. The molecule has 0 aliphatic heterocycles. The van der Waals surface area contributed by atoms with Crippen molar-refractivity contribution in [1.29, 1.82) is 0 Å². The highest BCUT2D eigenvalue weighted by Crippen LogP contribution is 2.11. The van der Waals surface area contributed by atoms with Crippen LogP contribution in [0.15, 0.2) is 0 Å². The van der Waals surface area contributed by atoms with E-state index in [4.69, 9.17) is 43.4 Å². The van der Waals surface area contributed by atoms with E-state index in [1.54, 1.807) is 0 Å². The quantitative estimate of drug-likeness (QED) is 0.0404. The number of amides is 2. The van der Waals surface area contributed by atoms with Gasteiger partial charge in [0.25, 0.3) is 0 Å². The van der Waals surface area contributed by atoms with Crippen molar-refractivity contribution in [3.63, 3.8) is 0 Å². The Hall–Kier alpha value is -1.41. The van der Waals surface area contributed by atoms with Crippen molar-refractivity contribution in [3.8, 4) is 0 Å². The van der Waals surface area contributed by atoms with Crippen LogP contribution in [0.3, 0.4) is 0 Å². The number of carboxylic acid groups (broad SMARTS) is 2. The maximum absolute atomic E-state index is 11.7. The minimum absolute atomic E-state index is 0.189. The molecule has 0 radical (unpaired) electrons. The maximum atomic E-state index is 11.7. The Bertz CT molecular complexity index is 700. The predicted molar refractivity (Wildman–Crippen MR) is 174 cm³/mol. The molecule has 4 N–H and O–H groups in total. The summed E-state index contributed by atoms with van der Waals surface area (Å²) < 4.78 is 37.9. The Morgan fingerprint density at radius 3 is 1.40 bits per heavy atom. The zero-order chi connectivity index (χ0) is 33.2. The molecule has 0 saturated heterocycles. The lowest BCUT2D eigenvalue weighted by Gasteiger charge is -2.17. The van der Waals surface area contributed by atoms with Crippen molar-refractivity contribution in [2.45, 2.75) is 30.9 Å². The molecule has 0 aliphatic carbocycles. The van der Waals surface area contributed by atoms with Crippen LogP contribution in [0.25, 0.3) is 0 Å². The minimum atomic E-state index is -1.09. The molecule has 0 aromatic rings. The van der Waals surface area contributed by atoms with Gasteiger partial charge in [0.15, 0.2) is 0 Å². The third-order valence-electron chi connectivity index (χ3n) is 5.75. The van der Waals surface area contributed by atoms with Crippen LogP contribution in [0, 0.1) is 0 Å². The molecule has 0 rings (SSSR count). The SMILES string of the molecule is O=C(O)CN(CCOCCOCCOCCOCCOCCOCCOCCNC(=O)NCCCCC(S)CCS)CC(=O)O. The number of urea groups is 1. The summed E-state index contributed by atoms with van der Waals surface area (Å²) >= 11 is 8.70. The number of aliphatic carboxylic acids is 2. The summed E-state index contributed by atoms with van der Waals surface area (Å²) in [7, 11) is 0. The van der Waals surface area contributed by atoms with Crippen molar-refractivity contribution in [2.75, 3.05) is 131 Å². The fraction of sp³-hybridized carbons (Fsp3) is 0.893. The summed E-state index contributed by atoms with van der Waals surface area (Å²) in [5.74, 6) is -1.33. The second-order valence-electron chi connectivity index (χ2n) is 9.63. The highest BCUT2D eigenvalue weighted by atomic mass is 32.1. The Labute approximate surface area is 278 Å². The molecule has 2 amide bonds. The molecule has 0 fully saturated rings. The van der Waals surface area contributed by atoms with Crippen LogP contribution >= 0.6 is 25.3 Å². The van der Waals surface area contributed by atoms with Gasteiger partial charge in [-0.15, -0.1) is 0 Å². The molecule has 0 aliphatic rings. The predicted octanol–water partition coefficient (Wildman–Crippen LogP) is 0.662. The second-order valence-corrected chi connectivity index (χ2v) is 10.8. The van der Waals surface area contributed by atoms with Crippen LogP contribution in [0.2, 0.25) is 0 Å². The minimum Gasteiger partial charge on any atom is -0.480 e. The summed E-state index contributed by atoms with van der Waals surface area (Å²) in [6.45, 7) is 6.22. The smallest absolute Gasteiger partial charge is 0.317 e. The third kappa shape index (κ3) is 35.3. The molecule has 0 saturated carbocycles. The summed E-state index contributed by atoms with van der Waals surface area (Å²) in [4.78, 5) is 34.5. The number of nitrogens with zero attached hydrogens (tertiary/aromatic N) is 1. The summed E-state index contributed by atoms with van der Waals surface area (Å²) in [5, 5.41) is 23.5. The number of ether oxygens (including phenoxy) is 7. The van der Waals surface area contributed by atoms with E-state index in [0.717, 1.165) is 31.4 Å². The standard InChI is InChI=1S/C28H55N3O12S2/c32-26(33)23-31(24-27(34)35)7-9-38-11-13-40-15-17-42-19-21-43-20-18-41-16-14-39-12-10-37-8-6-30-28(36)29-5-2-1-3-25(45)4-22-44/h25,44-45H,1-24H2,(H,32,33)(H,34,35)(H2,29,30,36). The number of nitrogens with one attached hydrogen (secondary N) is 2. The van der Waals surface area contributed by atoms with Gasteiger partial charge in [-0.05, 0) is 25.0 Å². The number of thiol groups is 2. The van der Waals surface area contributed by atoms with Gasteiger partial charge in [0.2, 0.25) is 0 Å². The average Bonchev–Trinajstić information content (AvgIpc) is 2.98. The largest absolute Gasteiger partial charge is 0.480 e. The normalized spacial score (nSPS) is 12.0. The molecule has 0 bridgehead atoms. The molecular formula is C28H55N3O12S2. The molecule has 266 valence electrons. The van der Waals surface area contributed by atoms with Crippen LogP contribution in [0.4, 0.5) is 4.79 Å².